The number of benzene rings is 5. The standard InChI is InChI=1S/C44H46ClN7O4S2/c1-49(2)22-21-36(31-57-38-11-4-3-5-12-38)47-41-20-19-39(28-43(41)52(53)54)58(55,56)48-42-14-8-10-33-27-37(29-46-44(33)42)51-25-23-50(24-26-51)30-34-9-6-7-13-40(34)32-15-17-35(45)18-16-32/h3-20,27-29,36,47-48H,21-26,30-31H2,1-2H3/t36-/m1/s1. The van der Waals surface area contributed by atoms with Crippen LogP contribution >= 0.6 is 23.4 Å². The fraction of sp³-hybridized carbons (Fsp3) is 0.250. The van der Waals surface area contributed by atoms with Crippen molar-refractivity contribution in [1.82, 2.24) is 14.8 Å². The molecule has 0 unspecified atom stereocenters. The summed E-state index contributed by atoms with van der Waals surface area (Å²) in [4.78, 5) is 24.2. The van der Waals surface area contributed by atoms with E-state index in [4.69, 9.17) is 16.6 Å². The van der Waals surface area contributed by atoms with Gasteiger partial charge >= 0.3 is 0 Å². The smallest absolute Gasteiger partial charge is 0.293 e. The second-order valence-corrected chi connectivity index (χ2v) is 17.8. The first-order valence-electron chi connectivity index (χ1n) is 19.1. The lowest BCUT2D eigenvalue weighted by molar-refractivity contribution is -0.384. The summed E-state index contributed by atoms with van der Waals surface area (Å²) in [5.41, 5.74) is 5.30. The number of piperazine rings is 1. The molecule has 7 rings (SSSR count). The van der Waals surface area contributed by atoms with Gasteiger partial charge in [0.05, 0.1) is 32.9 Å². The highest BCUT2D eigenvalue weighted by Gasteiger charge is 2.25. The number of aromatic nitrogens is 1. The molecule has 0 bridgehead atoms. The normalized spacial score (nSPS) is 14.1. The molecule has 0 radical (unpaired) electrons. The highest BCUT2D eigenvalue weighted by atomic mass is 35.5. The number of rotatable bonds is 16. The number of nitro benzene ring substituents is 1. The molecule has 2 heterocycles. The second kappa shape index (κ2) is 18.6. The van der Waals surface area contributed by atoms with Crippen LogP contribution in [0.3, 0.4) is 0 Å². The summed E-state index contributed by atoms with van der Waals surface area (Å²) in [6.45, 7) is 4.98. The van der Waals surface area contributed by atoms with Crippen LogP contribution < -0.4 is 14.9 Å². The number of para-hydroxylation sites is 1. The molecule has 1 saturated heterocycles. The van der Waals surface area contributed by atoms with E-state index in [0.29, 0.717) is 17.0 Å². The molecule has 11 nitrogen and oxygen atoms in total. The van der Waals surface area contributed by atoms with Gasteiger partial charge in [-0.2, -0.15) is 0 Å². The van der Waals surface area contributed by atoms with E-state index >= 15 is 0 Å². The largest absolute Gasteiger partial charge is 0.376 e. The van der Waals surface area contributed by atoms with Crippen molar-refractivity contribution >= 4 is 67.0 Å². The summed E-state index contributed by atoms with van der Waals surface area (Å²) in [7, 11) is -0.251. The first-order chi connectivity index (χ1) is 28.0. The van der Waals surface area contributed by atoms with Crippen LogP contribution in [-0.2, 0) is 16.6 Å². The minimum Gasteiger partial charge on any atom is -0.376 e. The van der Waals surface area contributed by atoms with Crippen LogP contribution in [0.25, 0.3) is 22.0 Å². The summed E-state index contributed by atoms with van der Waals surface area (Å²) >= 11 is 7.80. The number of hydrogen-bond acceptors (Lipinski definition) is 10. The van der Waals surface area contributed by atoms with Crippen molar-refractivity contribution in [2.45, 2.75) is 28.8 Å². The van der Waals surface area contributed by atoms with Gasteiger partial charge in [-0.05, 0) is 92.3 Å². The maximum absolute atomic E-state index is 13.8. The Morgan fingerprint density at radius 3 is 2.36 bits per heavy atom. The third-order valence-corrected chi connectivity index (χ3v) is 13.0. The predicted molar refractivity (Wildman–Crippen MR) is 238 cm³/mol. The number of nitro groups is 1. The molecule has 0 aliphatic carbocycles. The van der Waals surface area contributed by atoms with Crippen molar-refractivity contribution in [1.29, 1.82) is 0 Å². The van der Waals surface area contributed by atoms with Gasteiger partial charge in [-0.15, -0.1) is 11.8 Å². The van der Waals surface area contributed by atoms with Gasteiger partial charge in [0, 0.05) is 65.9 Å². The molecule has 58 heavy (non-hydrogen) atoms. The number of thioether (sulfide) groups is 1. The van der Waals surface area contributed by atoms with Crippen LogP contribution in [0.5, 0.6) is 0 Å². The zero-order chi connectivity index (χ0) is 40.6. The maximum Gasteiger partial charge on any atom is 0.293 e. The fourth-order valence-corrected chi connectivity index (χ4v) is 9.28. The molecule has 5 aromatic carbocycles. The van der Waals surface area contributed by atoms with Crippen molar-refractivity contribution in [2.75, 3.05) is 67.5 Å². The topological polar surface area (TPSA) is 124 Å². The van der Waals surface area contributed by atoms with Gasteiger partial charge in [0.15, 0.2) is 0 Å². The number of sulfonamides is 1. The van der Waals surface area contributed by atoms with E-state index in [1.807, 2.05) is 68.7 Å². The van der Waals surface area contributed by atoms with Gasteiger partial charge in [0.1, 0.15) is 5.69 Å². The maximum atomic E-state index is 13.8. The molecule has 1 atom stereocenters. The highest BCUT2D eigenvalue weighted by Crippen LogP contribution is 2.33. The zero-order valence-corrected chi connectivity index (χ0v) is 34.8. The molecule has 0 saturated carbocycles. The monoisotopic (exact) mass is 835 g/mol. The quantitative estimate of drug-likeness (QED) is 0.0555. The van der Waals surface area contributed by atoms with Crippen molar-refractivity contribution < 1.29 is 13.3 Å². The van der Waals surface area contributed by atoms with Crippen molar-refractivity contribution in [3.05, 3.63) is 148 Å². The van der Waals surface area contributed by atoms with E-state index in [1.165, 1.54) is 23.3 Å². The third-order valence-electron chi connectivity index (χ3n) is 10.2. The number of nitrogens with zero attached hydrogens (tertiary/aromatic N) is 5. The Kier molecular flexibility index (Phi) is 13.1. The molecule has 1 aliphatic heterocycles. The molecule has 1 fully saturated rings. The number of pyridine rings is 1. The number of halogens is 1. The summed E-state index contributed by atoms with van der Waals surface area (Å²) in [6.07, 6.45) is 2.51. The predicted octanol–water partition coefficient (Wildman–Crippen LogP) is 9.11. The molecule has 1 aliphatic rings. The zero-order valence-electron chi connectivity index (χ0n) is 32.4. The van der Waals surface area contributed by atoms with E-state index in [1.54, 1.807) is 30.1 Å². The number of nitrogens with one attached hydrogen (secondary N) is 2. The molecular formula is C44H46ClN7O4S2. The van der Waals surface area contributed by atoms with Gasteiger partial charge in [0.25, 0.3) is 15.7 Å². The van der Waals surface area contributed by atoms with Gasteiger partial charge in [-0.25, -0.2) is 8.42 Å². The average Bonchev–Trinajstić information content (AvgIpc) is 3.23. The molecular weight excluding hydrogens is 790 g/mol. The summed E-state index contributed by atoms with van der Waals surface area (Å²) < 4.78 is 30.2. The van der Waals surface area contributed by atoms with Crippen LogP contribution in [0.15, 0.2) is 137 Å². The summed E-state index contributed by atoms with van der Waals surface area (Å²) in [5.74, 6) is 0.670. The molecule has 2 N–H and O–H groups in total. The Bertz CT molecular complexity index is 2470. The van der Waals surface area contributed by atoms with E-state index in [0.717, 1.165) is 78.3 Å². The van der Waals surface area contributed by atoms with Crippen molar-refractivity contribution in [3.8, 4) is 11.1 Å². The third kappa shape index (κ3) is 10.3. The summed E-state index contributed by atoms with van der Waals surface area (Å²) in [6, 6.07) is 37.6. The lowest BCUT2D eigenvalue weighted by atomic mass is 9.99. The fourth-order valence-electron chi connectivity index (χ4n) is 7.08. The Balaban J connectivity index is 1.02. The van der Waals surface area contributed by atoms with Crippen LogP contribution in [0.4, 0.5) is 22.7 Å². The van der Waals surface area contributed by atoms with Crippen LogP contribution in [0.1, 0.15) is 12.0 Å². The SMILES string of the molecule is CN(C)CC[C@H](CSc1ccccc1)Nc1ccc(S(=O)(=O)Nc2cccc3cc(N4CCN(Cc5ccccc5-c5ccc(Cl)cc5)CC4)cnc23)cc1[N+](=O)[O-]. The lowest BCUT2D eigenvalue weighted by Gasteiger charge is -2.36. The van der Waals surface area contributed by atoms with Gasteiger partial charge in [-0.1, -0.05) is 78.3 Å². The van der Waals surface area contributed by atoms with Gasteiger partial charge < -0.3 is 15.1 Å². The molecule has 14 heteroatoms. The number of anilines is 3. The molecule has 0 spiro atoms. The first-order valence-corrected chi connectivity index (χ1v) is 22.0. The Morgan fingerprint density at radius 2 is 1.62 bits per heavy atom. The first kappa shape index (κ1) is 41.0. The van der Waals surface area contributed by atoms with Crippen molar-refractivity contribution in [3.63, 3.8) is 0 Å². The second-order valence-electron chi connectivity index (χ2n) is 14.6. The van der Waals surface area contributed by atoms with Crippen LogP contribution in [0.2, 0.25) is 5.02 Å². The molecule has 6 aromatic rings. The van der Waals surface area contributed by atoms with Crippen LogP contribution in [0, 0.1) is 10.1 Å². The van der Waals surface area contributed by atoms with E-state index in [9.17, 15) is 18.5 Å². The van der Waals surface area contributed by atoms with Crippen molar-refractivity contribution in [2.24, 2.45) is 0 Å². The van der Waals surface area contributed by atoms with E-state index in [-0.39, 0.29) is 22.3 Å². The average molecular weight is 836 g/mol. The van der Waals surface area contributed by atoms with Gasteiger partial charge in [-0.3, -0.25) is 24.7 Å². The number of fused-ring (bicyclic) bond motifs is 1. The van der Waals surface area contributed by atoms with Gasteiger partial charge in [0.2, 0.25) is 0 Å². The number of hydrogen-bond donors (Lipinski definition) is 2. The Morgan fingerprint density at radius 1 is 0.879 bits per heavy atom. The van der Waals surface area contributed by atoms with E-state index < -0.39 is 14.9 Å². The summed E-state index contributed by atoms with van der Waals surface area (Å²) in [5, 5.41) is 17.1. The van der Waals surface area contributed by atoms with Crippen LogP contribution in [-0.4, -0.2) is 86.7 Å². The minimum absolute atomic E-state index is 0.106. The Hall–Kier alpha value is -5.18. The molecule has 1 aromatic heterocycles. The van der Waals surface area contributed by atoms with E-state index in [2.05, 4.69) is 61.1 Å². The minimum atomic E-state index is -4.21. The molecule has 300 valence electrons. The molecule has 0 amide bonds. The Labute approximate surface area is 349 Å². The highest BCUT2D eigenvalue weighted by molar-refractivity contribution is 7.99. The lowest BCUT2D eigenvalue weighted by Crippen LogP contribution is -2.46.